The second-order valence-electron chi connectivity index (χ2n) is 6.15. The van der Waals surface area contributed by atoms with Gasteiger partial charge in [-0.2, -0.15) is 0 Å². The maximum Gasteiger partial charge on any atom is -0.0193 e. The van der Waals surface area contributed by atoms with Crippen LogP contribution in [0.1, 0.15) is 65.7 Å². The van der Waals surface area contributed by atoms with Crippen molar-refractivity contribution >= 4 is 0 Å². The normalized spacial score (nSPS) is 22.2. The Labute approximate surface area is 102 Å². The van der Waals surface area contributed by atoms with Crippen LogP contribution in [0.25, 0.3) is 0 Å². The fourth-order valence-corrected chi connectivity index (χ4v) is 2.47. The van der Waals surface area contributed by atoms with Crippen LogP contribution in [-0.2, 0) is 0 Å². The van der Waals surface area contributed by atoms with Crippen molar-refractivity contribution in [3.05, 3.63) is 24.3 Å². The van der Waals surface area contributed by atoms with Gasteiger partial charge >= 0.3 is 0 Å². The van der Waals surface area contributed by atoms with Crippen LogP contribution in [0.5, 0.6) is 0 Å². The highest BCUT2D eigenvalue weighted by Crippen LogP contribution is 2.32. The molecule has 1 fully saturated rings. The molecule has 0 aromatic carbocycles. The number of hydrogen-bond acceptors (Lipinski definition) is 0. The molecule has 0 spiro atoms. The molecular formula is C16H28. The molecular weight excluding hydrogens is 192 g/mol. The van der Waals surface area contributed by atoms with Gasteiger partial charge < -0.3 is 0 Å². The third kappa shape index (κ3) is 5.01. The highest BCUT2D eigenvalue weighted by Gasteiger charge is 2.17. The Bertz CT molecular complexity index is 245. The van der Waals surface area contributed by atoms with E-state index in [0.717, 1.165) is 5.92 Å². The number of rotatable bonds is 6. The molecule has 16 heavy (non-hydrogen) atoms. The molecule has 0 aliphatic heterocycles. The fourth-order valence-electron chi connectivity index (χ4n) is 2.47. The zero-order valence-electron chi connectivity index (χ0n) is 11.4. The third-order valence-electron chi connectivity index (χ3n) is 3.71. The quantitative estimate of drug-likeness (QED) is 0.518. The maximum atomic E-state index is 4.07. The summed E-state index contributed by atoms with van der Waals surface area (Å²) >= 11 is 0. The van der Waals surface area contributed by atoms with E-state index in [1.54, 1.807) is 0 Å². The summed E-state index contributed by atoms with van der Waals surface area (Å²) in [6, 6.07) is 0. The average Bonchev–Trinajstić information content (AvgIpc) is 2.61. The molecule has 1 aliphatic rings. The molecule has 1 atom stereocenters. The van der Waals surface area contributed by atoms with Crippen LogP contribution in [0.4, 0.5) is 0 Å². The van der Waals surface area contributed by atoms with Crippen molar-refractivity contribution in [2.75, 3.05) is 0 Å². The van der Waals surface area contributed by atoms with Crippen LogP contribution >= 0.6 is 0 Å². The van der Waals surface area contributed by atoms with Gasteiger partial charge in [0.1, 0.15) is 0 Å². The first-order valence-corrected chi connectivity index (χ1v) is 6.87. The minimum absolute atomic E-state index is 0.488. The Balaban J connectivity index is 2.27. The highest BCUT2D eigenvalue weighted by atomic mass is 14.2. The van der Waals surface area contributed by atoms with E-state index in [9.17, 15) is 0 Å². The van der Waals surface area contributed by atoms with E-state index < -0.39 is 0 Å². The van der Waals surface area contributed by atoms with Gasteiger partial charge in [-0.25, -0.2) is 0 Å². The van der Waals surface area contributed by atoms with Gasteiger partial charge in [0.15, 0.2) is 0 Å². The van der Waals surface area contributed by atoms with Gasteiger partial charge in [-0.05, 0) is 43.4 Å². The largest absolute Gasteiger partial charge is 0.0998 e. The molecule has 1 rings (SSSR count). The summed E-state index contributed by atoms with van der Waals surface area (Å²) in [6.45, 7) is 11.1. The van der Waals surface area contributed by atoms with E-state index in [4.69, 9.17) is 0 Å². The first-order chi connectivity index (χ1) is 7.53. The standard InChI is InChI=1S/C16H28/c1-5-6-11-16(3,4)12-7-8-15-10-9-14(2)13-15/h7-8,15H,2,5-6,9-13H2,1,3-4H3/b8-7+. The predicted molar refractivity (Wildman–Crippen MR) is 73.5 cm³/mol. The first kappa shape index (κ1) is 13.5. The molecule has 0 radical (unpaired) electrons. The Hall–Kier alpha value is -0.520. The molecule has 0 aromatic rings. The van der Waals surface area contributed by atoms with Crippen LogP contribution in [0.3, 0.4) is 0 Å². The Morgan fingerprint density at radius 3 is 2.75 bits per heavy atom. The summed E-state index contributed by atoms with van der Waals surface area (Å²) in [6.07, 6.45) is 13.9. The van der Waals surface area contributed by atoms with Gasteiger partial charge in [0.05, 0.1) is 0 Å². The van der Waals surface area contributed by atoms with Crippen molar-refractivity contribution in [1.29, 1.82) is 0 Å². The number of unbranched alkanes of at least 4 members (excludes halogenated alkanes) is 1. The van der Waals surface area contributed by atoms with Gasteiger partial charge in [0, 0.05) is 0 Å². The van der Waals surface area contributed by atoms with Crippen LogP contribution in [0, 0.1) is 11.3 Å². The van der Waals surface area contributed by atoms with Crippen molar-refractivity contribution in [1.82, 2.24) is 0 Å². The first-order valence-electron chi connectivity index (χ1n) is 6.87. The fraction of sp³-hybridized carbons (Fsp3) is 0.750. The van der Waals surface area contributed by atoms with E-state index in [0.29, 0.717) is 5.41 Å². The average molecular weight is 220 g/mol. The van der Waals surface area contributed by atoms with E-state index in [-0.39, 0.29) is 0 Å². The van der Waals surface area contributed by atoms with E-state index in [1.165, 1.54) is 50.5 Å². The molecule has 0 bridgehead atoms. The molecule has 0 nitrogen and oxygen atoms in total. The Morgan fingerprint density at radius 2 is 2.19 bits per heavy atom. The second kappa shape index (κ2) is 6.27. The Kier molecular flexibility index (Phi) is 5.31. The molecule has 1 aliphatic carbocycles. The lowest BCUT2D eigenvalue weighted by atomic mass is 9.83. The van der Waals surface area contributed by atoms with E-state index in [1.807, 2.05) is 0 Å². The van der Waals surface area contributed by atoms with Gasteiger partial charge in [-0.3, -0.25) is 0 Å². The van der Waals surface area contributed by atoms with Gasteiger partial charge in [-0.1, -0.05) is 57.9 Å². The minimum atomic E-state index is 0.488. The smallest absolute Gasteiger partial charge is 0.0193 e. The monoisotopic (exact) mass is 220 g/mol. The van der Waals surface area contributed by atoms with Gasteiger partial charge in [0.2, 0.25) is 0 Å². The van der Waals surface area contributed by atoms with Crippen LogP contribution in [0.2, 0.25) is 0 Å². The van der Waals surface area contributed by atoms with Crippen molar-refractivity contribution in [3.63, 3.8) is 0 Å². The summed E-state index contributed by atoms with van der Waals surface area (Å²) in [5.41, 5.74) is 1.93. The molecule has 0 aromatic heterocycles. The summed E-state index contributed by atoms with van der Waals surface area (Å²) < 4.78 is 0. The predicted octanol–water partition coefficient (Wildman–Crippen LogP) is 5.51. The lowest BCUT2D eigenvalue weighted by Crippen LogP contribution is -2.09. The van der Waals surface area contributed by atoms with Crippen molar-refractivity contribution < 1.29 is 0 Å². The molecule has 0 N–H and O–H groups in total. The molecule has 0 heterocycles. The van der Waals surface area contributed by atoms with Crippen LogP contribution in [0.15, 0.2) is 24.3 Å². The van der Waals surface area contributed by atoms with E-state index in [2.05, 4.69) is 39.5 Å². The molecule has 1 unspecified atom stereocenters. The van der Waals surface area contributed by atoms with Crippen molar-refractivity contribution in [3.8, 4) is 0 Å². The minimum Gasteiger partial charge on any atom is -0.0998 e. The zero-order valence-corrected chi connectivity index (χ0v) is 11.4. The lowest BCUT2D eigenvalue weighted by Gasteiger charge is -2.22. The number of hydrogen-bond donors (Lipinski definition) is 0. The third-order valence-corrected chi connectivity index (χ3v) is 3.71. The van der Waals surface area contributed by atoms with Crippen molar-refractivity contribution in [2.24, 2.45) is 11.3 Å². The van der Waals surface area contributed by atoms with Crippen LogP contribution < -0.4 is 0 Å². The van der Waals surface area contributed by atoms with Gasteiger partial charge in [0.25, 0.3) is 0 Å². The maximum absolute atomic E-state index is 4.07. The SMILES string of the molecule is C=C1CCC(/C=C/CC(C)(C)CCCC)C1. The Morgan fingerprint density at radius 1 is 1.44 bits per heavy atom. The molecule has 92 valence electrons. The summed E-state index contributed by atoms with van der Waals surface area (Å²) in [5, 5.41) is 0. The zero-order chi connectivity index (χ0) is 12.0. The second-order valence-corrected chi connectivity index (χ2v) is 6.15. The molecule has 0 heteroatoms. The molecule has 0 saturated heterocycles. The molecule has 1 saturated carbocycles. The van der Waals surface area contributed by atoms with Crippen LogP contribution in [-0.4, -0.2) is 0 Å². The van der Waals surface area contributed by atoms with E-state index >= 15 is 0 Å². The van der Waals surface area contributed by atoms with Gasteiger partial charge in [-0.15, -0.1) is 0 Å². The highest BCUT2D eigenvalue weighted by molar-refractivity contribution is 5.07. The van der Waals surface area contributed by atoms with Crippen molar-refractivity contribution in [2.45, 2.75) is 65.7 Å². The summed E-state index contributed by atoms with van der Waals surface area (Å²) in [7, 11) is 0. The topological polar surface area (TPSA) is 0 Å². The summed E-state index contributed by atoms with van der Waals surface area (Å²) in [4.78, 5) is 0. The number of allylic oxidation sites excluding steroid dienone is 3. The summed E-state index contributed by atoms with van der Waals surface area (Å²) in [5.74, 6) is 0.787. The molecule has 0 amide bonds. The lowest BCUT2D eigenvalue weighted by molar-refractivity contribution is 0.327.